The van der Waals surface area contributed by atoms with Crippen molar-refractivity contribution in [3.05, 3.63) is 39.1 Å². The molecule has 0 unspecified atom stereocenters. The van der Waals surface area contributed by atoms with Crippen LogP contribution in [0.2, 0.25) is 0 Å². The van der Waals surface area contributed by atoms with Crippen molar-refractivity contribution in [1.82, 2.24) is 14.5 Å². The number of thiazole rings is 1. The Bertz CT molecular complexity index is 1260. The number of ether oxygens (including phenoxy) is 1. The largest absolute Gasteiger partial charge is 0.481 e. The van der Waals surface area contributed by atoms with Crippen LogP contribution in [0.5, 0.6) is 5.88 Å². The molecule has 8 nitrogen and oxygen atoms in total. The number of aryl methyl sites for hydroxylation is 2. The van der Waals surface area contributed by atoms with Crippen molar-refractivity contribution < 1.29 is 4.74 Å². The number of hydrogen-bond donors (Lipinski definition) is 0. The Morgan fingerprint density at radius 2 is 2.10 bits per heavy atom. The molecule has 0 amide bonds. The molecule has 5 heterocycles. The van der Waals surface area contributed by atoms with Gasteiger partial charge in [-0.25, -0.2) is 4.98 Å². The van der Waals surface area contributed by atoms with Crippen LogP contribution in [0.3, 0.4) is 0 Å². The van der Waals surface area contributed by atoms with Crippen LogP contribution in [-0.2, 0) is 7.05 Å². The average molecular weight is 437 g/mol. The van der Waals surface area contributed by atoms with Gasteiger partial charge in [0.25, 0.3) is 5.56 Å². The monoisotopic (exact) mass is 436 g/mol. The van der Waals surface area contributed by atoms with Gasteiger partial charge in [-0.3, -0.25) is 4.79 Å². The minimum atomic E-state index is -0.246. The smallest absolute Gasteiger partial charge is 0.271 e. The van der Waals surface area contributed by atoms with Gasteiger partial charge in [-0.1, -0.05) is 6.07 Å². The van der Waals surface area contributed by atoms with Gasteiger partial charge in [-0.2, -0.15) is 10.2 Å². The predicted molar refractivity (Wildman–Crippen MR) is 121 cm³/mol. The first-order valence-corrected chi connectivity index (χ1v) is 11.3. The molecule has 31 heavy (non-hydrogen) atoms. The van der Waals surface area contributed by atoms with Gasteiger partial charge in [0.1, 0.15) is 27.8 Å². The maximum atomic E-state index is 12.9. The van der Waals surface area contributed by atoms with Crippen molar-refractivity contribution in [3.8, 4) is 11.9 Å². The first-order chi connectivity index (χ1) is 15.0. The van der Waals surface area contributed by atoms with E-state index >= 15 is 0 Å². The quantitative estimate of drug-likeness (QED) is 0.624. The Hall–Kier alpha value is -3.12. The lowest BCUT2D eigenvalue weighted by atomic mass is 9.92. The fourth-order valence-electron chi connectivity index (χ4n) is 5.04. The van der Waals surface area contributed by atoms with E-state index in [1.54, 1.807) is 18.7 Å². The third kappa shape index (κ3) is 3.13. The van der Waals surface area contributed by atoms with E-state index in [0.717, 1.165) is 53.6 Å². The zero-order valence-corrected chi connectivity index (χ0v) is 18.6. The van der Waals surface area contributed by atoms with Crippen molar-refractivity contribution in [2.75, 3.05) is 36.5 Å². The highest BCUT2D eigenvalue weighted by Gasteiger charge is 2.40. The van der Waals surface area contributed by atoms with E-state index in [-0.39, 0.29) is 11.1 Å². The number of aromatic nitrogens is 3. The van der Waals surface area contributed by atoms with Crippen LogP contribution in [-0.4, -0.2) is 47.3 Å². The van der Waals surface area contributed by atoms with Crippen LogP contribution in [0.15, 0.2) is 23.0 Å². The molecular weight excluding hydrogens is 412 g/mol. The van der Waals surface area contributed by atoms with Crippen molar-refractivity contribution in [1.29, 1.82) is 5.26 Å². The van der Waals surface area contributed by atoms with Gasteiger partial charge in [-0.05, 0) is 31.7 Å². The zero-order chi connectivity index (χ0) is 21.7. The Morgan fingerprint density at radius 1 is 1.26 bits per heavy atom. The topological polar surface area (TPSA) is 87.3 Å². The molecule has 2 fully saturated rings. The lowest BCUT2D eigenvalue weighted by Crippen LogP contribution is -2.47. The number of methoxy groups -OCH3 is 1. The molecule has 0 spiro atoms. The number of hydrogen-bond acceptors (Lipinski definition) is 8. The zero-order valence-electron chi connectivity index (χ0n) is 17.8. The third-order valence-electron chi connectivity index (χ3n) is 6.48. The number of piperidine rings is 1. The molecule has 9 heteroatoms. The summed E-state index contributed by atoms with van der Waals surface area (Å²) >= 11 is 1.50. The summed E-state index contributed by atoms with van der Waals surface area (Å²) in [6.45, 7) is 4.46. The predicted octanol–water partition coefficient (Wildman–Crippen LogP) is 2.68. The van der Waals surface area contributed by atoms with Crippen molar-refractivity contribution >= 4 is 33.2 Å². The highest BCUT2D eigenvalue weighted by molar-refractivity contribution is 7.18. The lowest BCUT2D eigenvalue weighted by molar-refractivity contribution is 0.388. The Labute approximate surface area is 184 Å². The summed E-state index contributed by atoms with van der Waals surface area (Å²) in [6, 6.07) is 8.43. The number of nitrogens with zero attached hydrogens (tertiary/aromatic N) is 6. The summed E-state index contributed by atoms with van der Waals surface area (Å²) in [5, 5.41) is 10.7. The Kier molecular flexibility index (Phi) is 4.82. The molecule has 0 bridgehead atoms. The van der Waals surface area contributed by atoms with E-state index in [9.17, 15) is 10.1 Å². The van der Waals surface area contributed by atoms with E-state index in [1.165, 1.54) is 11.3 Å². The lowest BCUT2D eigenvalue weighted by Gasteiger charge is -2.39. The van der Waals surface area contributed by atoms with Crippen LogP contribution >= 0.6 is 11.3 Å². The summed E-state index contributed by atoms with van der Waals surface area (Å²) in [7, 11) is 3.35. The fraction of sp³-hybridized carbons (Fsp3) is 0.455. The standard InChI is InChI=1S/C22H24N6O2S/c1-13-24-19-20(15(11-23)21(29)26(2)22(19)31-13)27-9-8-16-14(12-27)7-10-28(16)17-5-4-6-18(25-17)30-3/h4-6,14,16H,7-10,12H2,1-3H3/t14-,16+/m1/s1. The molecule has 3 aromatic rings. The van der Waals surface area contributed by atoms with Crippen LogP contribution < -0.4 is 20.1 Å². The van der Waals surface area contributed by atoms with Gasteiger partial charge in [0, 0.05) is 38.8 Å². The molecule has 0 N–H and O–H groups in total. The maximum absolute atomic E-state index is 12.9. The minimum absolute atomic E-state index is 0.197. The van der Waals surface area contributed by atoms with E-state index in [2.05, 4.69) is 20.9 Å². The molecule has 2 atom stereocenters. The Morgan fingerprint density at radius 3 is 2.87 bits per heavy atom. The number of nitriles is 1. The minimum Gasteiger partial charge on any atom is -0.481 e. The summed E-state index contributed by atoms with van der Waals surface area (Å²) in [5.74, 6) is 2.01. The molecule has 0 aliphatic carbocycles. The number of fused-ring (bicyclic) bond motifs is 2. The van der Waals surface area contributed by atoms with Crippen LogP contribution in [0.25, 0.3) is 10.3 Å². The fourth-order valence-corrected chi connectivity index (χ4v) is 5.91. The second kappa shape index (κ2) is 7.54. The molecule has 2 saturated heterocycles. The first kappa shape index (κ1) is 19.8. The average Bonchev–Trinajstić information content (AvgIpc) is 3.39. The molecule has 5 rings (SSSR count). The summed E-state index contributed by atoms with van der Waals surface area (Å²) in [5.41, 5.74) is 1.43. The van der Waals surface area contributed by atoms with Crippen molar-refractivity contribution in [3.63, 3.8) is 0 Å². The molecule has 2 aliphatic heterocycles. The van der Waals surface area contributed by atoms with Gasteiger partial charge in [-0.15, -0.1) is 11.3 Å². The second-order valence-electron chi connectivity index (χ2n) is 8.17. The van der Waals surface area contributed by atoms with Crippen molar-refractivity contribution in [2.24, 2.45) is 13.0 Å². The highest BCUT2D eigenvalue weighted by atomic mass is 32.1. The van der Waals surface area contributed by atoms with Gasteiger partial charge in [0.05, 0.1) is 17.8 Å². The summed E-state index contributed by atoms with van der Waals surface area (Å²) in [4.78, 5) is 27.6. The van der Waals surface area contributed by atoms with E-state index in [1.807, 2.05) is 25.1 Å². The molecular formula is C22H24N6O2S. The van der Waals surface area contributed by atoms with Crippen molar-refractivity contribution in [2.45, 2.75) is 25.8 Å². The molecule has 3 aromatic heterocycles. The van der Waals surface area contributed by atoms with E-state index in [4.69, 9.17) is 9.72 Å². The van der Waals surface area contributed by atoms with E-state index in [0.29, 0.717) is 23.5 Å². The van der Waals surface area contributed by atoms with Gasteiger partial charge >= 0.3 is 0 Å². The van der Waals surface area contributed by atoms with Gasteiger partial charge < -0.3 is 19.1 Å². The molecule has 0 radical (unpaired) electrons. The summed E-state index contributed by atoms with van der Waals surface area (Å²) < 4.78 is 6.86. The van der Waals surface area contributed by atoms with Crippen LogP contribution in [0.1, 0.15) is 23.4 Å². The van der Waals surface area contributed by atoms with E-state index < -0.39 is 0 Å². The normalized spacial score (nSPS) is 20.7. The summed E-state index contributed by atoms with van der Waals surface area (Å²) in [6.07, 6.45) is 1.99. The molecule has 160 valence electrons. The Balaban J connectivity index is 1.49. The maximum Gasteiger partial charge on any atom is 0.271 e. The third-order valence-corrected chi connectivity index (χ3v) is 7.52. The first-order valence-electron chi connectivity index (χ1n) is 10.4. The molecule has 0 aromatic carbocycles. The van der Waals surface area contributed by atoms with Gasteiger partial charge in [0.15, 0.2) is 0 Å². The van der Waals surface area contributed by atoms with Crippen LogP contribution in [0.4, 0.5) is 11.5 Å². The molecule has 0 saturated carbocycles. The molecule has 2 aliphatic rings. The number of anilines is 2. The highest BCUT2D eigenvalue weighted by Crippen LogP contribution is 2.39. The van der Waals surface area contributed by atoms with Crippen LogP contribution in [0, 0.1) is 24.2 Å². The second-order valence-corrected chi connectivity index (χ2v) is 9.35. The number of rotatable bonds is 3. The number of pyridine rings is 2. The van der Waals surface area contributed by atoms with Gasteiger partial charge in [0.2, 0.25) is 5.88 Å². The SMILES string of the molecule is COc1cccc(N2CC[C@@H]3CN(c4c(C#N)c(=O)n(C)c5sc(C)nc45)CC[C@@H]32)n1.